The van der Waals surface area contributed by atoms with Gasteiger partial charge in [0, 0.05) is 12.3 Å². The van der Waals surface area contributed by atoms with E-state index in [4.69, 9.17) is 4.74 Å². The van der Waals surface area contributed by atoms with Crippen LogP contribution in [0.25, 0.3) is 0 Å². The van der Waals surface area contributed by atoms with Crippen molar-refractivity contribution in [2.45, 2.75) is 19.7 Å². The Morgan fingerprint density at radius 3 is 2.94 bits per heavy atom. The van der Waals surface area contributed by atoms with Gasteiger partial charge in [-0.1, -0.05) is 12.1 Å². The van der Waals surface area contributed by atoms with Gasteiger partial charge in [-0.05, 0) is 48.4 Å². The Kier molecular flexibility index (Phi) is 2.80. The first-order valence-electron chi connectivity index (χ1n) is 6.14. The van der Waals surface area contributed by atoms with Crippen molar-refractivity contribution in [1.82, 2.24) is 4.98 Å². The molecule has 18 heavy (non-hydrogen) atoms. The number of fused-ring (bicyclic) bond motifs is 1. The molecule has 3 rings (SSSR count). The lowest BCUT2D eigenvalue weighted by Crippen LogP contribution is -2.25. The van der Waals surface area contributed by atoms with E-state index in [1.807, 2.05) is 37.3 Å². The Balaban J connectivity index is 1.84. The molecule has 2 aromatic rings. The molecule has 0 saturated carbocycles. The van der Waals surface area contributed by atoms with Crippen molar-refractivity contribution in [1.29, 1.82) is 0 Å². The topological polar surface area (TPSA) is 42.4 Å². The maximum atomic E-state index is 9.74. The van der Waals surface area contributed by atoms with Crippen LogP contribution in [0.15, 0.2) is 36.5 Å². The number of benzene rings is 1. The van der Waals surface area contributed by atoms with Crippen LogP contribution in [-0.4, -0.2) is 16.9 Å². The molecule has 0 aliphatic carbocycles. The Labute approximate surface area is 107 Å². The Hall–Kier alpha value is -1.81. The normalized spacial score (nSPS) is 13.6. The van der Waals surface area contributed by atoms with Gasteiger partial charge in [0.25, 0.3) is 0 Å². The Morgan fingerprint density at radius 2 is 2.17 bits per heavy atom. The van der Waals surface area contributed by atoms with Gasteiger partial charge in [-0.2, -0.15) is 0 Å². The van der Waals surface area contributed by atoms with Crippen LogP contribution in [-0.2, 0) is 6.42 Å². The van der Waals surface area contributed by atoms with Gasteiger partial charge >= 0.3 is 6.92 Å². The fraction of sp³-hybridized carbons (Fsp3) is 0.214. The average molecular weight is 239 g/mol. The molecule has 0 amide bonds. The van der Waals surface area contributed by atoms with Crippen LogP contribution < -0.4 is 10.2 Å². The first kappa shape index (κ1) is 11.3. The summed E-state index contributed by atoms with van der Waals surface area (Å²) < 4.78 is 5.70. The summed E-state index contributed by atoms with van der Waals surface area (Å²) in [5.74, 6) is 1.37. The molecule has 1 aliphatic heterocycles. The number of nitrogens with zero attached hydrogens (tertiary/aromatic N) is 1. The molecule has 3 nitrogen and oxygen atoms in total. The zero-order chi connectivity index (χ0) is 12.5. The van der Waals surface area contributed by atoms with Crippen molar-refractivity contribution in [2.24, 2.45) is 0 Å². The molecule has 1 aromatic heterocycles. The molecule has 1 N–H and O–H groups in total. The number of hydrogen-bond acceptors (Lipinski definition) is 3. The maximum Gasteiger partial charge on any atom is 0.324 e. The second-order valence-corrected chi connectivity index (χ2v) is 4.69. The van der Waals surface area contributed by atoms with Crippen LogP contribution in [0.3, 0.4) is 0 Å². The summed E-state index contributed by atoms with van der Waals surface area (Å²) in [6, 6.07) is 9.65. The molecule has 1 aliphatic rings. The molecule has 0 fully saturated rings. The van der Waals surface area contributed by atoms with Crippen molar-refractivity contribution in [3.63, 3.8) is 0 Å². The Morgan fingerprint density at radius 1 is 1.28 bits per heavy atom. The molecule has 0 unspecified atom stereocenters. The number of aryl methyl sites for hydroxylation is 2. The van der Waals surface area contributed by atoms with Crippen molar-refractivity contribution in [3.8, 4) is 11.6 Å². The largest absolute Gasteiger partial charge is 0.446 e. The molecule has 0 radical (unpaired) electrons. The summed E-state index contributed by atoms with van der Waals surface area (Å²) >= 11 is 0. The van der Waals surface area contributed by atoms with Gasteiger partial charge in [0.2, 0.25) is 5.88 Å². The quantitative estimate of drug-likeness (QED) is 0.814. The maximum absolute atomic E-state index is 9.74. The highest BCUT2D eigenvalue weighted by atomic mass is 16.5. The fourth-order valence-corrected chi connectivity index (χ4v) is 2.27. The third-order valence-corrected chi connectivity index (χ3v) is 3.27. The lowest BCUT2D eigenvalue weighted by Gasteiger charge is -2.07. The molecular formula is C14H14BNO2. The molecule has 90 valence electrons. The molecule has 2 heterocycles. The van der Waals surface area contributed by atoms with Crippen LogP contribution in [0.1, 0.15) is 11.1 Å². The number of rotatable bonds is 2. The van der Waals surface area contributed by atoms with Crippen LogP contribution >= 0.6 is 0 Å². The number of ether oxygens (including phenoxy) is 1. The monoisotopic (exact) mass is 239 g/mol. The first-order chi connectivity index (χ1) is 8.72. The molecule has 0 spiro atoms. The Bertz CT molecular complexity index is 569. The highest BCUT2D eigenvalue weighted by molar-refractivity contribution is 6.68. The van der Waals surface area contributed by atoms with Crippen LogP contribution in [0.5, 0.6) is 11.6 Å². The van der Waals surface area contributed by atoms with Crippen LogP contribution in [0.4, 0.5) is 0 Å². The van der Waals surface area contributed by atoms with Crippen LogP contribution in [0.2, 0.25) is 6.32 Å². The summed E-state index contributed by atoms with van der Waals surface area (Å²) in [6.45, 7) is 1.68. The van der Waals surface area contributed by atoms with Gasteiger partial charge in [-0.3, -0.25) is 0 Å². The second kappa shape index (κ2) is 4.46. The van der Waals surface area contributed by atoms with E-state index < -0.39 is 0 Å². The first-order valence-corrected chi connectivity index (χ1v) is 6.14. The zero-order valence-electron chi connectivity index (χ0n) is 10.3. The van der Waals surface area contributed by atoms with E-state index in [2.05, 4.69) is 4.98 Å². The minimum atomic E-state index is -0.313. The van der Waals surface area contributed by atoms with Gasteiger partial charge in [-0.15, -0.1) is 0 Å². The minimum Gasteiger partial charge on any atom is -0.446 e. The SMILES string of the molecule is Cc1ccc(Oc2ccc3c(c2)CCB3O)nc1. The predicted molar refractivity (Wildman–Crippen MR) is 71.6 cm³/mol. The molecule has 4 heteroatoms. The molecule has 0 saturated heterocycles. The van der Waals surface area contributed by atoms with Gasteiger partial charge < -0.3 is 9.76 Å². The third kappa shape index (κ3) is 2.11. The average Bonchev–Trinajstić information content (AvgIpc) is 2.74. The smallest absolute Gasteiger partial charge is 0.324 e. The standard InChI is InChI=1S/C14H14BNO2/c1-10-2-5-14(16-9-10)18-12-3-4-13-11(8-12)6-7-15(13)17/h2-5,8-9,17H,6-7H2,1H3. The summed E-state index contributed by atoms with van der Waals surface area (Å²) in [6.07, 6.45) is 3.50. The van der Waals surface area contributed by atoms with E-state index in [1.165, 1.54) is 5.56 Å². The highest BCUT2D eigenvalue weighted by Gasteiger charge is 2.24. The zero-order valence-corrected chi connectivity index (χ0v) is 10.3. The molecule has 0 bridgehead atoms. The lowest BCUT2D eigenvalue weighted by atomic mass is 9.63. The lowest BCUT2D eigenvalue weighted by molar-refractivity contribution is 0.462. The third-order valence-electron chi connectivity index (χ3n) is 3.27. The predicted octanol–water partition coefficient (Wildman–Crippen LogP) is 1.93. The molecule has 1 aromatic carbocycles. The summed E-state index contributed by atoms with van der Waals surface area (Å²) in [4.78, 5) is 4.21. The van der Waals surface area contributed by atoms with E-state index in [0.717, 1.165) is 29.5 Å². The molecular weight excluding hydrogens is 225 g/mol. The van der Waals surface area contributed by atoms with Crippen molar-refractivity contribution >= 4 is 12.4 Å². The fourth-order valence-electron chi connectivity index (χ4n) is 2.27. The van der Waals surface area contributed by atoms with Gasteiger partial charge in [-0.25, -0.2) is 4.98 Å². The molecule has 0 atom stereocenters. The van der Waals surface area contributed by atoms with Crippen molar-refractivity contribution in [3.05, 3.63) is 47.7 Å². The van der Waals surface area contributed by atoms with Crippen molar-refractivity contribution < 1.29 is 9.76 Å². The van der Waals surface area contributed by atoms with Gasteiger partial charge in [0.15, 0.2) is 0 Å². The summed E-state index contributed by atoms with van der Waals surface area (Å²) in [5.41, 5.74) is 3.31. The van der Waals surface area contributed by atoms with Gasteiger partial charge in [0.1, 0.15) is 5.75 Å². The van der Waals surface area contributed by atoms with E-state index in [-0.39, 0.29) is 6.92 Å². The summed E-state index contributed by atoms with van der Waals surface area (Å²) in [7, 11) is 0. The van der Waals surface area contributed by atoms with E-state index in [1.54, 1.807) is 6.20 Å². The van der Waals surface area contributed by atoms with Crippen LogP contribution in [0, 0.1) is 6.92 Å². The minimum absolute atomic E-state index is 0.313. The number of hydrogen-bond donors (Lipinski definition) is 1. The van der Waals surface area contributed by atoms with E-state index in [0.29, 0.717) is 5.88 Å². The highest BCUT2D eigenvalue weighted by Crippen LogP contribution is 2.23. The van der Waals surface area contributed by atoms with Gasteiger partial charge in [0.05, 0.1) is 0 Å². The van der Waals surface area contributed by atoms with Crippen molar-refractivity contribution in [2.75, 3.05) is 0 Å². The van der Waals surface area contributed by atoms with E-state index in [9.17, 15) is 5.02 Å². The number of pyridine rings is 1. The number of aromatic nitrogens is 1. The van der Waals surface area contributed by atoms with E-state index >= 15 is 0 Å². The summed E-state index contributed by atoms with van der Waals surface area (Å²) in [5, 5.41) is 9.74. The second-order valence-electron chi connectivity index (χ2n) is 4.69.